The summed E-state index contributed by atoms with van der Waals surface area (Å²) >= 11 is 0. The summed E-state index contributed by atoms with van der Waals surface area (Å²) in [6.07, 6.45) is 1.76. The number of hydrogen-bond acceptors (Lipinski definition) is 4. The molecule has 4 rings (SSSR count). The summed E-state index contributed by atoms with van der Waals surface area (Å²) in [5.74, 6) is -0.107. The third-order valence-electron chi connectivity index (χ3n) is 5.88. The van der Waals surface area contributed by atoms with E-state index in [4.69, 9.17) is 11.5 Å². The van der Waals surface area contributed by atoms with Crippen molar-refractivity contribution >= 4 is 5.91 Å². The van der Waals surface area contributed by atoms with Crippen molar-refractivity contribution in [2.45, 2.75) is 37.5 Å². The van der Waals surface area contributed by atoms with Crippen LogP contribution >= 0.6 is 0 Å². The van der Waals surface area contributed by atoms with Crippen molar-refractivity contribution in [3.8, 4) is 0 Å². The smallest absolute Gasteiger partial charge is 0.226 e. The van der Waals surface area contributed by atoms with Crippen LogP contribution < -0.4 is 16.8 Å². The molecule has 2 aromatic rings. The Morgan fingerprint density at radius 2 is 1.67 bits per heavy atom. The van der Waals surface area contributed by atoms with E-state index in [-0.39, 0.29) is 30.0 Å². The average molecular weight is 364 g/mol. The predicted molar refractivity (Wildman–Crippen MR) is 107 cm³/mol. The van der Waals surface area contributed by atoms with Gasteiger partial charge in [0, 0.05) is 31.7 Å². The topological polar surface area (TPSA) is 84.4 Å². The highest BCUT2D eigenvalue weighted by molar-refractivity contribution is 5.80. The molecule has 0 saturated carbocycles. The lowest BCUT2D eigenvalue weighted by Gasteiger charge is -2.31. The lowest BCUT2D eigenvalue weighted by molar-refractivity contribution is -0.125. The molecule has 1 amide bonds. The van der Waals surface area contributed by atoms with Crippen LogP contribution in [-0.4, -0.2) is 29.9 Å². The molecule has 1 saturated heterocycles. The van der Waals surface area contributed by atoms with Crippen LogP contribution in [0, 0.1) is 5.92 Å². The second kappa shape index (κ2) is 7.80. The fraction of sp³-hybridized carbons (Fsp3) is 0.409. The van der Waals surface area contributed by atoms with Crippen molar-refractivity contribution in [1.82, 2.24) is 10.2 Å². The Morgan fingerprint density at radius 1 is 0.963 bits per heavy atom. The van der Waals surface area contributed by atoms with E-state index < -0.39 is 0 Å². The molecule has 4 atom stereocenters. The minimum absolute atomic E-state index is 0.0314. The van der Waals surface area contributed by atoms with E-state index in [1.807, 2.05) is 30.3 Å². The number of amides is 1. The third kappa shape index (κ3) is 3.90. The van der Waals surface area contributed by atoms with E-state index in [1.165, 1.54) is 5.56 Å². The van der Waals surface area contributed by atoms with E-state index in [0.717, 1.165) is 37.1 Å². The predicted octanol–water partition coefficient (Wildman–Crippen LogP) is 2.10. The molecule has 0 radical (unpaired) electrons. The van der Waals surface area contributed by atoms with Crippen LogP contribution in [0.25, 0.3) is 0 Å². The molecule has 2 aliphatic rings. The number of carbonyl (C=O) groups excluding carboxylic acids is 1. The SMILES string of the molecule is NC1CCC(NC(=O)C2CN(Cc3ccccc3)CC2N)c2ccccc21. The van der Waals surface area contributed by atoms with Crippen LogP contribution in [0.5, 0.6) is 0 Å². The number of hydrogen-bond donors (Lipinski definition) is 3. The molecule has 0 aromatic heterocycles. The Kier molecular flexibility index (Phi) is 5.25. The summed E-state index contributed by atoms with van der Waals surface area (Å²) in [6.45, 7) is 2.29. The molecule has 5 nitrogen and oxygen atoms in total. The quantitative estimate of drug-likeness (QED) is 0.776. The molecule has 1 heterocycles. The lowest BCUT2D eigenvalue weighted by atomic mass is 9.84. The Hall–Kier alpha value is -2.21. The molecule has 27 heavy (non-hydrogen) atoms. The van der Waals surface area contributed by atoms with Crippen LogP contribution in [0.2, 0.25) is 0 Å². The van der Waals surface area contributed by atoms with Gasteiger partial charge in [-0.1, -0.05) is 54.6 Å². The van der Waals surface area contributed by atoms with Crippen LogP contribution in [0.4, 0.5) is 0 Å². The molecule has 142 valence electrons. The van der Waals surface area contributed by atoms with Crippen LogP contribution in [-0.2, 0) is 11.3 Å². The average Bonchev–Trinajstić information content (AvgIpc) is 3.05. The number of carbonyl (C=O) groups is 1. The number of nitrogens with zero attached hydrogens (tertiary/aromatic N) is 1. The van der Waals surface area contributed by atoms with Gasteiger partial charge in [-0.3, -0.25) is 9.69 Å². The van der Waals surface area contributed by atoms with E-state index in [2.05, 4.69) is 34.5 Å². The van der Waals surface area contributed by atoms with Crippen molar-refractivity contribution in [1.29, 1.82) is 0 Å². The van der Waals surface area contributed by atoms with E-state index in [9.17, 15) is 4.79 Å². The van der Waals surface area contributed by atoms with Gasteiger partial charge in [-0.25, -0.2) is 0 Å². The molecule has 5 N–H and O–H groups in total. The standard InChI is InChI=1S/C22H28N4O/c23-19-10-11-21(17-9-5-4-8-16(17)19)25-22(27)18-13-26(14-20(18)24)12-15-6-2-1-3-7-15/h1-9,18-21H,10-14,23-24H2,(H,25,27). The van der Waals surface area contributed by atoms with E-state index in [0.29, 0.717) is 6.54 Å². The van der Waals surface area contributed by atoms with Crippen molar-refractivity contribution in [3.63, 3.8) is 0 Å². The summed E-state index contributed by atoms with van der Waals surface area (Å²) in [5, 5.41) is 3.25. The number of benzene rings is 2. The number of fused-ring (bicyclic) bond motifs is 1. The van der Waals surface area contributed by atoms with Gasteiger partial charge in [0.05, 0.1) is 12.0 Å². The first-order valence-electron chi connectivity index (χ1n) is 9.78. The van der Waals surface area contributed by atoms with Crippen molar-refractivity contribution < 1.29 is 4.79 Å². The zero-order chi connectivity index (χ0) is 18.8. The Bertz CT molecular complexity index is 794. The lowest BCUT2D eigenvalue weighted by Crippen LogP contribution is -2.43. The Labute approximate surface area is 160 Å². The molecule has 1 fully saturated rings. The van der Waals surface area contributed by atoms with Crippen LogP contribution in [0.15, 0.2) is 54.6 Å². The largest absolute Gasteiger partial charge is 0.349 e. The van der Waals surface area contributed by atoms with Crippen LogP contribution in [0.1, 0.15) is 41.6 Å². The summed E-state index contributed by atoms with van der Waals surface area (Å²) in [6, 6.07) is 18.5. The molecule has 1 aliphatic heterocycles. The number of nitrogens with one attached hydrogen (secondary N) is 1. The first-order chi connectivity index (χ1) is 13.1. The van der Waals surface area contributed by atoms with E-state index >= 15 is 0 Å². The first-order valence-corrected chi connectivity index (χ1v) is 9.78. The maximum Gasteiger partial charge on any atom is 0.226 e. The minimum Gasteiger partial charge on any atom is -0.349 e. The van der Waals surface area contributed by atoms with E-state index in [1.54, 1.807) is 0 Å². The summed E-state index contributed by atoms with van der Waals surface area (Å²) in [5.41, 5.74) is 16.1. The van der Waals surface area contributed by atoms with Gasteiger partial charge in [0.15, 0.2) is 0 Å². The van der Waals surface area contributed by atoms with Crippen LogP contribution in [0.3, 0.4) is 0 Å². The first kappa shape index (κ1) is 18.2. The molecule has 0 bridgehead atoms. The molecule has 2 aromatic carbocycles. The highest BCUT2D eigenvalue weighted by Gasteiger charge is 2.37. The van der Waals surface area contributed by atoms with Gasteiger partial charge in [-0.05, 0) is 29.5 Å². The molecule has 4 unspecified atom stereocenters. The van der Waals surface area contributed by atoms with Gasteiger partial charge in [0.25, 0.3) is 0 Å². The van der Waals surface area contributed by atoms with Gasteiger partial charge in [0.1, 0.15) is 0 Å². The molecule has 1 aliphatic carbocycles. The van der Waals surface area contributed by atoms with Crippen molar-refractivity contribution in [2.24, 2.45) is 17.4 Å². The van der Waals surface area contributed by atoms with Gasteiger partial charge < -0.3 is 16.8 Å². The number of nitrogens with two attached hydrogens (primary N) is 2. The second-order valence-electron chi connectivity index (χ2n) is 7.82. The highest BCUT2D eigenvalue weighted by Crippen LogP contribution is 2.35. The third-order valence-corrected chi connectivity index (χ3v) is 5.88. The van der Waals surface area contributed by atoms with Gasteiger partial charge in [-0.15, -0.1) is 0 Å². The second-order valence-corrected chi connectivity index (χ2v) is 7.82. The molecule has 0 spiro atoms. The summed E-state index contributed by atoms with van der Waals surface area (Å²) in [4.78, 5) is 15.2. The number of rotatable bonds is 4. The van der Waals surface area contributed by atoms with Crippen molar-refractivity contribution in [2.75, 3.05) is 13.1 Å². The molecular formula is C22H28N4O. The van der Waals surface area contributed by atoms with Gasteiger partial charge in [0.2, 0.25) is 5.91 Å². The number of likely N-dealkylation sites (tertiary alicyclic amines) is 1. The fourth-order valence-corrected chi connectivity index (χ4v) is 4.41. The van der Waals surface area contributed by atoms with Gasteiger partial charge in [-0.2, -0.15) is 0 Å². The highest BCUT2D eigenvalue weighted by atomic mass is 16.2. The minimum atomic E-state index is -0.170. The zero-order valence-electron chi connectivity index (χ0n) is 15.6. The Morgan fingerprint density at radius 3 is 2.44 bits per heavy atom. The molecular weight excluding hydrogens is 336 g/mol. The Balaban J connectivity index is 1.41. The molecule has 5 heteroatoms. The zero-order valence-corrected chi connectivity index (χ0v) is 15.6. The fourth-order valence-electron chi connectivity index (χ4n) is 4.41. The maximum absolute atomic E-state index is 13.0. The monoisotopic (exact) mass is 364 g/mol. The summed E-state index contributed by atoms with van der Waals surface area (Å²) < 4.78 is 0. The summed E-state index contributed by atoms with van der Waals surface area (Å²) in [7, 11) is 0. The van der Waals surface area contributed by atoms with Crippen molar-refractivity contribution in [3.05, 3.63) is 71.3 Å². The van der Waals surface area contributed by atoms with Gasteiger partial charge >= 0.3 is 0 Å². The normalized spacial score (nSPS) is 27.9. The maximum atomic E-state index is 13.0.